The van der Waals surface area contributed by atoms with Crippen molar-refractivity contribution in [2.24, 2.45) is 0 Å². The molecule has 1 heterocycles. The van der Waals surface area contributed by atoms with Crippen molar-refractivity contribution in [3.63, 3.8) is 0 Å². The van der Waals surface area contributed by atoms with Crippen LogP contribution < -0.4 is 5.32 Å². The Bertz CT molecular complexity index is 525. The molecule has 0 radical (unpaired) electrons. The van der Waals surface area contributed by atoms with E-state index in [-0.39, 0.29) is 5.75 Å². The van der Waals surface area contributed by atoms with E-state index in [1.165, 1.54) is 19.4 Å². The van der Waals surface area contributed by atoms with Crippen LogP contribution >= 0.6 is 0 Å². The van der Waals surface area contributed by atoms with Gasteiger partial charge >= 0.3 is 0 Å². The van der Waals surface area contributed by atoms with E-state index in [0.717, 1.165) is 12.2 Å². The highest BCUT2D eigenvalue weighted by molar-refractivity contribution is 7.91. The van der Waals surface area contributed by atoms with Crippen LogP contribution in [0.25, 0.3) is 0 Å². The normalized spacial score (nSPS) is 20.2. The van der Waals surface area contributed by atoms with Crippen LogP contribution in [0.5, 0.6) is 0 Å². The number of likely N-dealkylation sites (N-methyl/N-ethyl adjacent to an activating group) is 1. The van der Waals surface area contributed by atoms with Gasteiger partial charge in [0.25, 0.3) is 0 Å². The largest absolute Gasteiger partial charge is 0.383 e. The van der Waals surface area contributed by atoms with Crippen LogP contribution in [0.4, 0.5) is 5.69 Å². The maximum atomic E-state index is 11.9. The Hall–Kier alpha value is -1.07. The van der Waals surface area contributed by atoms with E-state index < -0.39 is 9.84 Å². The van der Waals surface area contributed by atoms with Crippen molar-refractivity contribution in [1.29, 1.82) is 0 Å². The van der Waals surface area contributed by atoms with Crippen LogP contribution in [-0.4, -0.2) is 45.2 Å². The molecule has 0 aliphatic carbocycles. The van der Waals surface area contributed by atoms with Crippen LogP contribution in [0.2, 0.25) is 0 Å². The molecular formula is C15H24N2O2S. The third-order valence-electron chi connectivity index (χ3n) is 3.90. The predicted octanol–water partition coefficient (Wildman–Crippen LogP) is 2.38. The van der Waals surface area contributed by atoms with Crippen LogP contribution in [0, 0.1) is 0 Å². The molecule has 1 aliphatic rings. The smallest absolute Gasteiger partial charge is 0.178 e. The van der Waals surface area contributed by atoms with Crippen molar-refractivity contribution in [3.05, 3.63) is 24.3 Å². The van der Waals surface area contributed by atoms with E-state index >= 15 is 0 Å². The van der Waals surface area contributed by atoms with E-state index in [4.69, 9.17) is 0 Å². The fourth-order valence-electron chi connectivity index (χ4n) is 2.64. The van der Waals surface area contributed by atoms with E-state index in [1.807, 2.05) is 19.1 Å². The molecule has 112 valence electrons. The Kier molecular flexibility index (Phi) is 5.05. The lowest BCUT2D eigenvalue weighted by molar-refractivity contribution is 0.322. The number of sulfone groups is 1. The van der Waals surface area contributed by atoms with Crippen molar-refractivity contribution < 1.29 is 8.42 Å². The molecule has 4 nitrogen and oxygen atoms in total. The standard InChI is InChI=1S/C15H24N2O2S/c1-3-11-20(18,19)15-8-6-13(7-9-15)16-12-14-5-4-10-17(14)2/h6-9,14,16H,3-5,10-12H2,1-2H3. The molecule has 20 heavy (non-hydrogen) atoms. The Labute approximate surface area is 122 Å². The predicted molar refractivity (Wildman–Crippen MR) is 82.9 cm³/mol. The van der Waals surface area contributed by atoms with Gasteiger partial charge in [0.15, 0.2) is 9.84 Å². The summed E-state index contributed by atoms with van der Waals surface area (Å²) < 4.78 is 23.9. The summed E-state index contributed by atoms with van der Waals surface area (Å²) >= 11 is 0. The van der Waals surface area contributed by atoms with Crippen molar-refractivity contribution >= 4 is 15.5 Å². The highest BCUT2D eigenvalue weighted by Crippen LogP contribution is 2.18. The number of hydrogen-bond donors (Lipinski definition) is 1. The second-order valence-corrected chi connectivity index (χ2v) is 7.61. The maximum absolute atomic E-state index is 11.9. The van der Waals surface area contributed by atoms with Gasteiger partial charge in [-0.3, -0.25) is 0 Å². The summed E-state index contributed by atoms with van der Waals surface area (Å²) in [5.41, 5.74) is 0.987. The summed E-state index contributed by atoms with van der Waals surface area (Å²) in [7, 11) is -0.950. The molecule has 1 aromatic carbocycles. The summed E-state index contributed by atoms with van der Waals surface area (Å²) in [6.07, 6.45) is 3.14. The van der Waals surface area contributed by atoms with Gasteiger partial charge < -0.3 is 10.2 Å². The van der Waals surface area contributed by atoms with Crippen LogP contribution in [-0.2, 0) is 9.84 Å². The van der Waals surface area contributed by atoms with E-state index in [1.54, 1.807) is 12.1 Å². The van der Waals surface area contributed by atoms with Gasteiger partial charge in [0.2, 0.25) is 0 Å². The molecule has 1 atom stereocenters. The molecule has 1 aliphatic heterocycles. The lowest BCUT2D eigenvalue weighted by Crippen LogP contribution is -2.31. The van der Waals surface area contributed by atoms with Crippen molar-refractivity contribution in [1.82, 2.24) is 4.90 Å². The van der Waals surface area contributed by atoms with Gasteiger partial charge in [-0.25, -0.2) is 8.42 Å². The molecule has 0 aromatic heterocycles. The van der Waals surface area contributed by atoms with Crippen molar-refractivity contribution in [2.45, 2.75) is 37.1 Å². The quantitative estimate of drug-likeness (QED) is 0.875. The third kappa shape index (κ3) is 3.73. The Balaban J connectivity index is 1.95. The number of likely N-dealkylation sites (tertiary alicyclic amines) is 1. The van der Waals surface area contributed by atoms with Crippen molar-refractivity contribution in [3.8, 4) is 0 Å². The second kappa shape index (κ2) is 6.59. The first-order valence-corrected chi connectivity index (χ1v) is 8.95. The number of benzene rings is 1. The van der Waals surface area contributed by atoms with Crippen LogP contribution in [0.15, 0.2) is 29.2 Å². The highest BCUT2D eigenvalue weighted by atomic mass is 32.2. The minimum atomic E-state index is -3.10. The number of nitrogens with zero attached hydrogens (tertiary/aromatic N) is 1. The Morgan fingerprint density at radius 1 is 1.30 bits per heavy atom. The SMILES string of the molecule is CCCS(=O)(=O)c1ccc(NCC2CCCN2C)cc1. The van der Waals surface area contributed by atoms with Gasteiger partial charge in [-0.15, -0.1) is 0 Å². The fraction of sp³-hybridized carbons (Fsp3) is 0.600. The summed E-state index contributed by atoms with van der Waals surface area (Å²) in [5, 5.41) is 3.39. The highest BCUT2D eigenvalue weighted by Gasteiger charge is 2.20. The summed E-state index contributed by atoms with van der Waals surface area (Å²) in [5.74, 6) is 0.215. The van der Waals surface area contributed by atoms with Crippen molar-refractivity contribution in [2.75, 3.05) is 31.2 Å². The lowest BCUT2D eigenvalue weighted by Gasteiger charge is -2.20. The Morgan fingerprint density at radius 2 is 2.00 bits per heavy atom. The topological polar surface area (TPSA) is 49.4 Å². The average Bonchev–Trinajstić information content (AvgIpc) is 2.82. The molecule has 1 unspecified atom stereocenters. The van der Waals surface area contributed by atoms with Gasteiger partial charge in [-0.2, -0.15) is 0 Å². The number of hydrogen-bond acceptors (Lipinski definition) is 4. The third-order valence-corrected chi connectivity index (χ3v) is 5.84. The second-order valence-electron chi connectivity index (χ2n) is 5.50. The van der Waals surface area contributed by atoms with Gasteiger partial charge in [0.05, 0.1) is 10.6 Å². The minimum absolute atomic E-state index is 0.215. The van der Waals surface area contributed by atoms with E-state index in [9.17, 15) is 8.42 Å². The molecule has 5 heteroatoms. The summed E-state index contributed by atoms with van der Waals surface area (Å²) in [6, 6.07) is 7.70. The van der Waals surface area contributed by atoms with Gasteiger partial charge in [-0.05, 0) is 57.1 Å². The molecule has 2 rings (SSSR count). The maximum Gasteiger partial charge on any atom is 0.178 e. The number of rotatable bonds is 6. The van der Waals surface area contributed by atoms with Crippen LogP contribution in [0.1, 0.15) is 26.2 Å². The first-order chi connectivity index (χ1) is 9.53. The molecule has 0 spiro atoms. The number of nitrogens with one attached hydrogen (secondary N) is 1. The average molecular weight is 296 g/mol. The zero-order valence-electron chi connectivity index (χ0n) is 12.3. The summed E-state index contributed by atoms with van der Waals surface area (Å²) in [4.78, 5) is 2.79. The van der Waals surface area contributed by atoms with E-state index in [0.29, 0.717) is 17.4 Å². The molecule has 0 saturated carbocycles. The van der Waals surface area contributed by atoms with Gasteiger partial charge in [0, 0.05) is 18.3 Å². The molecule has 1 fully saturated rings. The zero-order valence-corrected chi connectivity index (χ0v) is 13.1. The minimum Gasteiger partial charge on any atom is -0.383 e. The molecule has 1 saturated heterocycles. The van der Waals surface area contributed by atoms with E-state index in [2.05, 4.69) is 17.3 Å². The first kappa shape index (κ1) is 15.3. The monoisotopic (exact) mass is 296 g/mol. The molecule has 0 bridgehead atoms. The van der Waals surface area contributed by atoms with Crippen LogP contribution in [0.3, 0.4) is 0 Å². The number of anilines is 1. The molecule has 1 aromatic rings. The molecular weight excluding hydrogens is 272 g/mol. The fourth-order valence-corrected chi connectivity index (χ4v) is 3.96. The van der Waals surface area contributed by atoms with Gasteiger partial charge in [0.1, 0.15) is 0 Å². The van der Waals surface area contributed by atoms with Gasteiger partial charge in [-0.1, -0.05) is 6.92 Å². The first-order valence-electron chi connectivity index (χ1n) is 7.30. The molecule has 0 amide bonds. The Morgan fingerprint density at radius 3 is 2.55 bits per heavy atom. The lowest BCUT2D eigenvalue weighted by atomic mass is 10.2. The zero-order chi connectivity index (χ0) is 14.6. The molecule has 1 N–H and O–H groups in total. The summed E-state index contributed by atoms with van der Waals surface area (Å²) in [6.45, 7) is 3.96.